The highest BCUT2D eigenvalue weighted by Gasteiger charge is 2.23. The molecule has 0 aromatic carbocycles. The van der Waals surface area contributed by atoms with Crippen LogP contribution in [0.15, 0.2) is 18.6 Å². The minimum absolute atomic E-state index is 0.102. The molecule has 6 nitrogen and oxygen atoms in total. The SMILES string of the molecule is CC(OC(=O)c1cnccn1)C(=O)NC1CCCCC1. The van der Waals surface area contributed by atoms with Crippen LogP contribution in [0.25, 0.3) is 0 Å². The van der Waals surface area contributed by atoms with E-state index in [1.165, 1.54) is 25.0 Å². The first-order valence-corrected chi connectivity index (χ1v) is 6.94. The van der Waals surface area contributed by atoms with Gasteiger partial charge in [-0.3, -0.25) is 9.78 Å². The number of ether oxygens (including phenoxy) is 1. The van der Waals surface area contributed by atoms with Gasteiger partial charge in [-0.2, -0.15) is 0 Å². The van der Waals surface area contributed by atoms with Crippen molar-refractivity contribution in [3.05, 3.63) is 24.3 Å². The van der Waals surface area contributed by atoms with E-state index in [1.807, 2.05) is 0 Å². The fourth-order valence-electron chi connectivity index (χ4n) is 2.24. The predicted octanol–water partition coefficient (Wildman–Crippen LogP) is 1.47. The summed E-state index contributed by atoms with van der Waals surface area (Å²) in [5.74, 6) is -0.890. The second-order valence-corrected chi connectivity index (χ2v) is 4.98. The van der Waals surface area contributed by atoms with Crippen LogP contribution in [0, 0.1) is 0 Å². The highest BCUT2D eigenvalue weighted by Crippen LogP contribution is 2.17. The Morgan fingerprint density at radius 3 is 2.70 bits per heavy atom. The molecule has 1 fully saturated rings. The quantitative estimate of drug-likeness (QED) is 0.843. The lowest BCUT2D eigenvalue weighted by molar-refractivity contribution is -0.130. The Labute approximate surface area is 118 Å². The van der Waals surface area contributed by atoms with Gasteiger partial charge in [0.1, 0.15) is 0 Å². The first-order valence-electron chi connectivity index (χ1n) is 6.94. The lowest BCUT2D eigenvalue weighted by Gasteiger charge is -2.24. The zero-order valence-corrected chi connectivity index (χ0v) is 11.5. The van der Waals surface area contributed by atoms with E-state index in [2.05, 4.69) is 15.3 Å². The van der Waals surface area contributed by atoms with Crippen LogP contribution in [-0.4, -0.2) is 34.0 Å². The average Bonchev–Trinajstić information content (AvgIpc) is 2.49. The van der Waals surface area contributed by atoms with Crippen molar-refractivity contribution in [2.75, 3.05) is 0 Å². The summed E-state index contributed by atoms with van der Waals surface area (Å²) in [6.07, 6.45) is 8.85. The third kappa shape index (κ3) is 4.01. The molecule has 1 N–H and O–H groups in total. The summed E-state index contributed by atoms with van der Waals surface area (Å²) in [5.41, 5.74) is 0.102. The molecule has 0 radical (unpaired) electrons. The molecule has 108 valence electrons. The maximum absolute atomic E-state index is 12.0. The fourth-order valence-corrected chi connectivity index (χ4v) is 2.24. The Kier molecular flexibility index (Phi) is 5.03. The summed E-state index contributed by atoms with van der Waals surface area (Å²) in [7, 11) is 0. The molecule has 1 aromatic heterocycles. The van der Waals surface area contributed by atoms with Crippen molar-refractivity contribution in [2.24, 2.45) is 0 Å². The number of amides is 1. The summed E-state index contributed by atoms with van der Waals surface area (Å²) in [5, 5.41) is 2.92. The maximum atomic E-state index is 12.0. The summed E-state index contributed by atoms with van der Waals surface area (Å²) in [6.45, 7) is 1.56. The molecular weight excluding hydrogens is 258 g/mol. The van der Waals surface area contributed by atoms with E-state index >= 15 is 0 Å². The summed E-state index contributed by atoms with van der Waals surface area (Å²) < 4.78 is 5.09. The minimum Gasteiger partial charge on any atom is -0.448 e. The summed E-state index contributed by atoms with van der Waals surface area (Å²) in [6, 6.07) is 0.203. The Hall–Kier alpha value is -1.98. The van der Waals surface area contributed by atoms with Gasteiger partial charge in [0.05, 0.1) is 6.20 Å². The van der Waals surface area contributed by atoms with Gasteiger partial charge >= 0.3 is 5.97 Å². The van der Waals surface area contributed by atoms with Crippen LogP contribution in [0.4, 0.5) is 0 Å². The van der Waals surface area contributed by atoms with Crippen molar-refractivity contribution in [1.82, 2.24) is 15.3 Å². The number of carbonyl (C=O) groups is 2. The van der Waals surface area contributed by atoms with Crippen LogP contribution in [-0.2, 0) is 9.53 Å². The topological polar surface area (TPSA) is 81.2 Å². The van der Waals surface area contributed by atoms with E-state index in [4.69, 9.17) is 4.74 Å². The molecule has 1 heterocycles. The minimum atomic E-state index is -0.827. The standard InChI is InChI=1S/C14H19N3O3/c1-10(13(18)17-11-5-3-2-4-6-11)20-14(19)12-9-15-7-8-16-12/h7-11H,2-6H2,1H3,(H,17,18). The van der Waals surface area contributed by atoms with Gasteiger partial charge in [-0.1, -0.05) is 19.3 Å². The number of nitrogens with one attached hydrogen (secondary N) is 1. The molecule has 20 heavy (non-hydrogen) atoms. The first-order chi connectivity index (χ1) is 9.66. The maximum Gasteiger partial charge on any atom is 0.359 e. The third-order valence-corrected chi connectivity index (χ3v) is 3.38. The Bertz CT molecular complexity index is 458. The van der Waals surface area contributed by atoms with Gasteiger partial charge in [-0.25, -0.2) is 9.78 Å². The number of hydrogen-bond acceptors (Lipinski definition) is 5. The highest BCUT2D eigenvalue weighted by atomic mass is 16.5. The molecule has 1 saturated carbocycles. The van der Waals surface area contributed by atoms with E-state index in [9.17, 15) is 9.59 Å². The lowest BCUT2D eigenvalue weighted by atomic mass is 9.95. The molecule has 6 heteroatoms. The molecule has 1 aliphatic rings. The second-order valence-electron chi connectivity index (χ2n) is 4.98. The zero-order chi connectivity index (χ0) is 14.4. The molecule has 1 aliphatic carbocycles. The molecule has 1 amide bonds. The Balaban J connectivity index is 1.83. The first kappa shape index (κ1) is 14.4. The van der Waals surface area contributed by atoms with Gasteiger partial charge in [-0.15, -0.1) is 0 Å². The second kappa shape index (κ2) is 6.98. The van der Waals surface area contributed by atoms with Gasteiger partial charge in [0.25, 0.3) is 5.91 Å². The molecule has 1 atom stereocenters. The van der Waals surface area contributed by atoms with E-state index in [1.54, 1.807) is 6.92 Å². The Morgan fingerprint density at radius 1 is 1.30 bits per heavy atom. The van der Waals surface area contributed by atoms with Gasteiger partial charge in [0.2, 0.25) is 0 Å². The third-order valence-electron chi connectivity index (χ3n) is 3.38. The summed E-state index contributed by atoms with van der Waals surface area (Å²) in [4.78, 5) is 31.3. The van der Waals surface area contributed by atoms with Crippen molar-refractivity contribution in [2.45, 2.75) is 51.2 Å². The molecule has 0 saturated heterocycles. The van der Waals surface area contributed by atoms with Crippen molar-refractivity contribution >= 4 is 11.9 Å². The highest BCUT2D eigenvalue weighted by molar-refractivity contribution is 5.90. The van der Waals surface area contributed by atoms with Crippen LogP contribution in [0.3, 0.4) is 0 Å². The van der Waals surface area contributed by atoms with E-state index < -0.39 is 12.1 Å². The van der Waals surface area contributed by atoms with Crippen LogP contribution in [0.5, 0.6) is 0 Å². The van der Waals surface area contributed by atoms with Gasteiger partial charge < -0.3 is 10.1 Å². The molecule has 0 bridgehead atoms. The van der Waals surface area contributed by atoms with E-state index in [-0.39, 0.29) is 17.6 Å². The largest absolute Gasteiger partial charge is 0.448 e. The molecule has 1 unspecified atom stereocenters. The monoisotopic (exact) mass is 277 g/mol. The van der Waals surface area contributed by atoms with Gasteiger partial charge in [-0.05, 0) is 19.8 Å². The van der Waals surface area contributed by atoms with Crippen LogP contribution in [0.2, 0.25) is 0 Å². The predicted molar refractivity (Wildman–Crippen MR) is 71.9 cm³/mol. The Morgan fingerprint density at radius 2 is 2.05 bits per heavy atom. The number of hydrogen-bond donors (Lipinski definition) is 1. The molecule has 0 spiro atoms. The fraction of sp³-hybridized carbons (Fsp3) is 0.571. The number of esters is 1. The molecule has 0 aliphatic heterocycles. The number of rotatable bonds is 4. The molecule has 1 aromatic rings. The van der Waals surface area contributed by atoms with E-state index in [0.717, 1.165) is 25.7 Å². The smallest absolute Gasteiger partial charge is 0.359 e. The van der Waals surface area contributed by atoms with Crippen LogP contribution in [0.1, 0.15) is 49.5 Å². The average molecular weight is 277 g/mol. The van der Waals surface area contributed by atoms with Crippen LogP contribution < -0.4 is 5.32 Å². The zero-order valence-electron chi connectivity index (χ0n) is 11.5. The number of aromatic nitrogens is 2. The van der Waals surface area contributed by atoms with Crippen molar-refractivity contribution in [1.29, 1.82) is 0 Å². The van der Waals surface area contributed by atoms with Crippen molar-refractivity contribution < 1.29 is 14.3 Å². The molecule has 2 rings (SSSR count). The number of carbonyl (C=O) groups excluding carboxylic acids is 2. The molecular formula is C14H19N3O3. The van der Waals surface area contributed by atoms with E-state index in [0.29, 0.717) is 0 Å². The van der Waals surface area contributed by atoms with Crippen LogP contribution >= 0.6 is 0 Å². The van der Waals surface area contributed by atoms with Crippen molar-refractivity contribution in [3.8, 4) is 0 Å². The summed E-state index contributed by atoms with van der Waals surface area (Å²) >= 11 is 0. The number of nitrogens with zero attached hydrogens (tertiary/aromatic N) is 2. The van der Waals surface area contributed by atoms with Gasteiger partial charge in [0, 0.05) is 18.4 Å². The van der Waals surface area contributed by atoms with Gasteiger partial charge in [0.15, 0.2) is 11.8 Å². The lowest BCUT2D eigenvalue weighted by Crippen LogP contribution is -2.42. The normalized spacial score (nSPS) is 17.2. The van der Waals surface area contributed by atoms with Crippen molar-refractivity contribution in [3.63, 3.8) is 0 Å².